The Morgan fingerprint density at radius 3 is 0.917 bits per heavy atom. The molecule has 0 saturated heterocycles. The fourth-order valence-electron chi connectivity index (χ4n) is 2.04. The summed E-state index contributed by atoms with van der Waals surface area (Å²) in [4.78, 5) is 0. The van der Waals surface area contributed by atoms with E-state index in [2.05, 4.69) is 58.7 Å². The van der Waals surface area contributed by atoms with E-state index in [4.69, 9.17) is 0 Å². The lowest BCUT2D eigenvalue weighted by molar-refractivity contribution is 0.268. The SMILES string of the molecule is CC1C(S)C(C)C(S)C(C)C1S. The summed E-state index contributed by atoms with van der Waals surface area (Å²) in [6.07, 6.45) is 0. The van der Waals surface area contributed by atoms with E-state index in [0.29, 0.717) is 33.5 Å². The molecule has 0 heterocycles. The lowest BCUT2D eigenvalue weighted by Gasteiger charge is -2.44. The Morgan fingerprint density at radius 1 is 0.583 bits per heavy atom. The predicted molar refractivity (Wildman–Crippen MR) is 65.8 cm³/mol. The molecular formula is C9H18S3. The molecule has 0 radical (unpaired) electrons. The van der Waals surface area contributed by atoms with E-state index in [-0.39, 0.29) is 0 Å². The molecule has 0 spiro atoms. The summed E-state index contributed by atoms with van der Waals surface area (Å²) >= 11 is 13.8. The second-order valence-corrected chi connectivity index (χ2v) is 5.84. The van der Waals surface area contributed by atoms with Gasteiger partial charge in [0.05, 0.1) is 0 Å². The molecule has 0 atom stereocenters. The standard InChI is InChI=1S/C9H18S3/c1-4-7(10)5(2)9(12)6(3)8(4)11/h4-12H,1-3H3. The highest BCUT2D eigenvalue weighted by molar-refractivity contribution is 7.83. The summed E-state index contributed by atoms with van der Waals surface area (Å²) in [6, 6.07) is 0. The highest BCUT2D eigenvalue weighted by Gasteiger charge is 2.40. The van der Waals surface area contributed by atoms with Gasteiger partial charge in [0.1, 0.15) is 0 Å². The summed E-state index contributed by atoms with van der Waals surface area (Å²) in [7, 11) is 0. The lowest BCUT2D eigenvalue weighted by atomic mass is 9.76. The fraction of sp³-hybridized carbons (Fsp3) is 1.00. The Kier molecular flexibility index (Phi) is 3.76. The van der Waals surface area contributed by atoms with E-state index >= 15 is 0 Å². The largest absolute Gasteiger partial charge is 0.175 e. The van der Waals surface area contributed by atoms with Crippen LogP contribution in [0, 0.1) is 17.8 Å². The van der Waals surface area contributed by atoms with Crippen LogP contribution in [0.1, 0.15) is 20.8 Å². The van der Waals surface area contributed by atoms with Crippen LogP contribution in [0.4, 0.5) is 0 Å². The number of hydrogen-bond acceptors (Lipinski definition) is 3. The fourth-order valence-corrected chi connectivity index (χ4v) is 3.56. The van der Waals surface area contributed by atoms with Gasteiger partial charge in [0.15, 0.2) is 0 Å². The number of thiol groups is 3. The summed E-state index contributed by atoms with van der Waals surface area (Å²) in [5.41, 5.74) is 0. The van der Waals surface area contributed by atoms with E-state index in [9.17, 15) is 0 Å². The van der Waals surface area contributed by atoms with Gasteiger partial charge in [-0.2, -0.15) is 37.9 Å². The maximum Gasteiger partial charge on any atom is 0.00892 e. The van der Waals surface area contributed by atoms with Crippen molar-refractivity contribution in [2.45, 2.75) is 36.5 Å². The molecule has 0 amide bonds. The molecule has 1 saturated carbocycles. The lowest BCUT2D eigenvalue weighted by Crippen LogP contribution is -2.46. The van der Waals surface area contributed by atoms with Gasteiger partial charge < -0.3 is 0 Å². The van der Waals surface area contributed by atoms with Crippen molar-refractivity contribution >= 4 is 37.9 Å². The highest BCUT2D eigenvalue weighted by atomic mass is 32.1. The van der Waals surface area contributed by atoms with Crippen LogP contribution >= 0.6 is 37.9 Å². The first-order chi connectivity index (χ1) is 5.46. The average molecular weight is 222 g/mol. The molecule has 0 nitrogen and oxygen atoms in total. The summed E-state index contributed by atoms with van der Waals surface area (Å²) in [5, 5.41) is 1.35. The molecule has 1 aliphatic carbocycles. The molecule has 1 aliphatic rings. The minimum absolute atomic E-state index is 0.450. The smallest absolute Gasteiger partial charge is 0.00892 e. The minimum atomic E-state index is 0.450. The highest BCUT2D eigenvalue weighted by Crippen LogP contribution is 2.41. The molecule has 0 bridgehead atoms. The zero-order valence-corrected chi connectivity index (χ0v) is 10.5. The Balaban J connectivity index is 2.76. The van der Waals surface area contributed by atoms with Gasteiger partial charge in [-0.25, -0.2) is 0 Å². The van der Waals surface area contributed by atoms with Crippen molar-refractivity contribution in [3.05, 3.63) is 0 Å². The van der Waals surface area contributed by atoms with Crippen molar-refractivity contribution in [1.29, 1.82) is 0 Å². The van der Waals surface area contributed by atoms with Crippen LogP contribution in [-0.4, -0.2) is 15.7 Å². The van der Waals surface area contributed by atoms with Crippen molar-refractivity contribution in [3.63, 3.8) is 0 Å². The Bertz CT molecular complexity index is 101. The predicted octanol–water partition coefficient (Wildman–Crippen LogP) is 2.80. The van der Waals surface area contributed by atoms with Crippen molar-refractivity contribution in [2.75, 3.05) is 0 Å². The van der Waals surface area contributed by atoms with E-state index < -0.39 is 0 Å². The van der Waals surface area contributed by atoms with Crippen LogP contribution in [0.5, 0.6) is 0 Å². The second-order valence-electron chi connectivity index (χ2n) is 4.05. The van der Waals surface area contributed by atoms with Crippen molar-refractivity contribution in [2.24, 2.45) is 17.8 Å². The summed E-state index contributed by atoms with van der Waals surface area (Å²) in [6.45, 7) is 6.71. The molecule has 12 heavy (non-hydrogen) atoms. The summed E-state index contributed by atoms with van der Waals surface area (Å²) < 4.78 is 0. The molecule has 0 aromatic heterocycles. The van der Waals surface area contributed by atoms with E-state index in [0.717, 1.165) is 0 Å². The first-order valence-electron chi connectivity index (χ1n) is 4.51. The van der Waals surface area contributed by atoms with Gasteiger partial charge in [0.25, 0.3) is 0 Å². The van der Waals surface area contributed by atoms with Crippen LogP contribution in [-0.2, 0) is 0 Å². The second kappa shape index (κ2) is 4.05. The van der Waals surface area contributed by atoms with E-state index in [1.807, 2.05) is 0 Å². The molecular weight excluding hydrogens is 204 g/mol. The summed E-state index contributed by atoms with van der Waals surface area (Å²) in [5.74, 6) is 1.76. The van der Waals surface area contributed by atoms with Gasteiger partial charge in [-0.15, -0.1) is 0 Å². The third-order valence-electron chi connectivity index (χ3n) is 3.23. The quantitative estimate of drug-likeness (QED) is 0.516. The molecule has 0 aromatic carbocycles. The van der Waals surface area contributed by atoms with Crippen molar-refractivity contribution in [1.82, 2.24) is 0 Å². The average Bonchev–Trinajstić information content (AvgIpc) is 2.08. The van der Waals surface area contributed by atoms with Crippen LogP contribution in [0.3, 0.4) is 0 Å². The van der Waals surface area contributed by atoms with Crippen LogP contribution in [0.15, 0.2) is 0 Å². The third-order valence-corrected chi connectivity index (χ3v) is 6.05. The number of hydrogen-bond donors (Lipinski definition) is 3. The number of rotatable bonds is 0. The molecule has 0 unspecified atom stereocenters. The Labute approximate surface area is 92.1 Å². The van der Waals surface area contributed by atoms with Gasteiger partial charge in [-0.05, 0) is 17.8 Å². The topological polar surface area (TPSA) is 0 Å². The van der Waals surface area contributed by atoms with E-state index in [1.165, 1.54) is 0 Å². The monoisotopic (exact) mass is 222 g/mol. The molecule has 3 heteroatoms. The van der Waals surface area contributed by atoms with Crippen molar-refractivity contribution < 1.29 is 0 Å². The molecule has 1 fully saturated rings. The van der Waals surface area contributed by atoms with Crippen LogP contribution in [0.25, 0.3) is 0 Å². The van der Waals surface area contributed by atoms with E-state index in [1.54, 1.807) is 0 Å². The Morgan fingerprint density at radius 2 is 0.750 bits per heavy atom. The molecule has 1 rings (SSSR count). The molecule has 0 aliphatic heterocycles. The third kappa shape index (κ3) is 1.78. The first-order valence-corrected chi connectivity index (χ1v) is 6.06. The first kappa shape index (κ1) is 11.1. The van der Waals surface area contributed by atoms with Crippen LogP contribution in [0.2, 0.25) is 0 Å². The maximum absolute atomic E-state index is 4.61. The van der Waals surface area contributed by atoms with Gasteiger partial charge in [0, 0.05) is 15.7 Å². The zero-order valence-electron chi connectivity index (χ0n) is 7.81. The van der Waals surface area contributed by atoms with Crippen molar-refractivity contribution in [3.8, 4) is 0 Å². The molecule has 72 valence electrons. The molecule has 0 N–H and O–H groups in total. The molecule has 0 aromatic rings. The minimum Gasteiger partial charge on any atom is -0.175 e. The maximum atomic E-state index is 4.61. The van der Waals surface area contributed by atoms with Crippen LogP contribution < -0.4 is 0 Å². The zero-order chi connectivity index (χ0) is 9.46. The van der Waals surface area contributed by atoms with Gasteiger partial charge in [0.2, 0.25) is 0 Å². The van der Waals surface area contributed by atoms with Gasteiger partial charge in [-0.3, -0.25) is 0 Å². The van der Waals surface area contributed by atoms with Gasteiger partial charge in [-0.1, -0.05) is 20.8 Å². The van der Waals surface area contributed by atoms with Gasteiger partial charge >= 0.3 is 0 Å². The normalized spacial score (nSPS) is 55.5. The Hall–Kier alpha value is 1.05.